The Balaban J connectivity index is 2.38. The topological polar surface area (TPSA) is 86.8 Å². The molecule has 0 saturated heterocycles. The third-order valence-electron chi connectivity index (χ3n) is 5.06. The number of aryl methyl sites for hydroxylation is 1. The van der Waals surface area contributed by atoms with Gasteiger partial charge in [-0.25, -0.2) is 8.42 Å². The quantitative estimate of drug-likeness (QED) is 0.571. The average molecular weight is 500 g/mol. The maximum Gasteiger partial charge on any atom is 0.244 e. The molecule has 0 unspecified atom stereocenters. The van der Waals surface area contributed by atoms with Gasteiger partial charge in [-0.3, -0.25) is 13.9 Å². The van der Waals surface area contributed by atoms with Crippen LogP contribution in [0.1, 0.15) is 25.0 Å². The molecule has 174 valence electrons. The van der Waals surface area contributed by atoms with Gasteiger partial charge in [-0.1, -0.05) is 48.3 Å². The zero-order valence-corrected chi connectivity index (χ0v) is 20.8. The van der Waals surface area contributed by atoms with Crippen LogP contribution < -0.4 is 9.62 Å². The van der Waals surface area contributed by atoms with Crippen molar-refractivity contribution < 1.29 is 18.0 Å². The van der Waals surface area contributed by atoms with Gasteiger partial charge in [-0.2, -0.15) is 0 Å². The highest BCUT2D eigenvalue weighted by Crippen LogP contribution is 2.24. The summed E-state index contributed by atoms with van der Waals surface area (Å²) in [4.78, 5) is 26.9. The standard InChI is InChI=1S/C22H27Cl2N3O4S/c1-5-16-6-9-18(10-7-16)27(32(4,30)31)14-21(28)26(15(2)22(29)25-3)13-17-8-11-19(23)20(24)12-17/h6-12,15H,5,13-14H2,1-4H3,(H,25,29)/t15-/m0/s1. The first-order valence-corrected chi connectivity index (χ1v) is 12.6. The molecule has 7 nitrogen and oxygen atoms in total. The van der Waals surface area contributed by atoms with Crippen LogP contribution in [0.3, 0.4) is 0 Å². The molecule has 0 aliphatic heterocycles. The predicted molar refractivity (Wildman–Crippen MR) is 129 cm³/mol. The molecule has 2 aromatic rings. The number of anilines is 1. The zero-order valence-electron chi connectivity index (χ0n) is 18.4. The summed E-state index contributed by atoms with van der Waals surface area (Å²) in [5.41, 5.74) is 2.07. The molecular formula is C22H27Cl2N3O4S. The lowest BCUT2D eigenvalue weighted by molar-refractivity contribution is -0.139. The highest BCUT2D eigenvalue weighted by atomic mass is 35.5. The van der Waals surface area contributed by atoms with Crippen LogP contribution in [0, 0.1) is 0 Å². The van der Waals surface area contributed by atoms with E-state index in [4.69, 9.17) is 23.2 Å². The third-order valence-corrected chi connectivity index (χ3v) is 6.94. The Morgan fingerprint density at radius 2 is 1.62 bits per heavy atom. The predicted octanol–water partition coefficient (Wildman–Crippen LogP) is 3.49. The van der Waals surface area contributed by atoms with Gasteiger partial charge in [0, 0.05) is 13.6 Å². The smallest absolute Gasteiger partial charge is 0.244 e. The van der Waals surface area contributed by atoms with E-state index < -0.39 is 28.5 Å². The maximum absolute atomic E-state index is 13.3. The van der Waals surface area contributed by atoms with E-state index in [9.17, 15) is 18.0 Å². The summed E-state index contributed by atoms with van der Waals surface area (Å²) >= 11 is 12.1. The second kappa shape index (κ2) is 11.0. The monoisotopic (exact) mass is 499 g/mol. The van der Waals surface area contributed by atoms with Gasteiger partial charge in [0.05, 0.1) is 22.0 Å². The Morgan fingerprint density at radius 3 is 2.12 bits per heavy atom. The molecule has 1 N–H and O–H groups in total. The Bertz CT molecular complexity index is 1080. The van der Waals surface area contributed by atoms with Crippen molar-refractivity contribution in [3.8, 4) is 0 Å². The fourth-order valence-corrected chi connectivity index (χ4v) is 4.31. The van der Waals surface area contributed by atoms with Crippen LogP contribution in [-0.4, -0.2) is 51.0 Å². The summed E-state index contributed by atoms with van der Waals surface area (Å²) < 4.78 is 26.0. The second-order valence-corrected chi connectivity index (χ2v) is 10.1. The number of nitrogens with one attached hydrogen (secondary N) is 1. The molecule has 0 aliphatic rings. The Labute approximate surface area is 199 Å². The van der Waals surface area contributed by atoms with Crippen LogP contribution in [0.25, 0.3) is 0 Å². The molecule has 0 aromatic heterocycles. The van der Waals surface area contributed by atoms with E-state index in [1.807, 2.05) is 19.1 Å². The Hall–Kier alpha value is -2.29. The molecule has 10 heteroatoms. The molecule has 1 atom stereocenters. The van der Waals surface area contributed by atoms with Crippen molar-refractivity contribution in [2.45, 2.75) is 32.9 Å². The fourth-order valence-electron chi connectivity index (χ4n) is 3.14. The molecule has 0 heterocycles. The average Bonchev–Trinajstić information content (AvgIpc) is 2.76. The number of carbonyl (C=O) groups excluding carboxylic acids is 2. The molecule has 0 fully saturated rings. The van der Waals surface area contributed by atoms with Crippen molar-refractivity contribution in [1.29, 1.82) is 0 Å². The van der Waals surface area contributed by atoms with Gasteiger partial charge in [-0.05, 0) is 48.7 Å². The minimum Gasteiger partial charge on any atom is -0.357 e. The van der Waals surface area contributed by atoms with Crippen molar-refractivity contribution in [3.05, 3.63) is 63.6 Å². The lowest BCUT2D eigenvalue weighted by atomic mass is 10.1. The SMILES string of the molecule is CCc1ccc(N(CC(=O)N(Cc2ccc(Cl)c(Cl)c2)[C@@H](C)C(=O)NC)S(C)(=O)=O)cc1. The van der Waals surface area contributed by atoms with Crippen LogP contribution in [0.15, 0.2) is 42.5 Å². The van der Waals surface area contributed by atoms with Crippen molar-refractivity contribution in [2.24, 2.45) is 0 Å². The Kier molecular flexibility index (Phi) is 8.95. The molecule has 0 bridgehead atoms. The summed E-state index contributed by atoms with van der Waals surface area (Å²) in [5, 5.41) is 3.21. The van der Waals surface area contributed by atoms with Gasteiger partial charge in [0.25, 0.3) is 0 Å². The second-order valence-electron chi connectivity index (χ2n) is 7.35. The fraction of sp³-hybridized carbons (Fsp3) is 0.364. The third kappa shape index (κ3) is 6.60. The molecular weight excluding hydrogens is 473 g/mol. The van der Waals surface area contributed by atoms with Gasteiger partial charge >= 0.3 is 0 Å². The summed E-state index contributed by atoms with van der Waals surface area (Å²) in [6, 6.07) is 11.0. The van der Waals surface area contributed by atoms with Gasteiger partial charge in [-0.15, -0.1) is 0 Å². The molecule has 32 heavy (non-hydrogen) atoms. The molecule has 0 spiro atoms. The Morgan fingerprint density at radius 1 is 1.03 bits per heavy atom. The number of nitrogens with zero attached hydrogens (tertiary/aromatic N) is 2. The summed E-state index contributed by atoms with van der Waals surface area (Å²) in [5.74, 6) is -0.909. The lowest BCUT2D eigenvalue weighted by Gasteiger charge is -2.31. The summed E-state index contributed by atoms with van der Waals surface area (Å²) in [7, 11) is -2.29. The van der Waals surface area contributed by atoms with Gasteiger partial charge < -0.3 is 10.2 Å². The van der Waals surface area contributed by atoms with E-state index in [0.29, 0.717) is 21.3 Å². The first kappa shape index (κ1) is 26.0. The van der Waals surface area contributed by atoms with Crippen molar-refractivity contribution in [3.63, 3.8) is 0 Å². The van der Waals surface area contributed by atoms with Crippen molar-refractivity contribution in [2.75, 3.05) is 24.2 Å². The van der Waals surface area contributed by atoms with Crippen LogP contribution in [-0.2, 0) is 32.6 Å². The van der Waals surface area contributed by atoms with Crippen molar-refractivity contribution >= 4 is 50.7 Å². The number of benzene rings is 2. The molecule has 0 radical (unpaired) electrons. The molecule has 0 aliphatic carbocycles. The number of carbonyl (C=O) groups is 2. The maximum atomic E-state index is 13.3. The lowest BCUT2D eigenvalue weighted by Crippen LogP contribution is -2.50. The van der Waals surface area contributed by atoms with Crippen LogP contribution in [0.2, 0.25) is 10.0 Å². The number of rotatable bonds is 9. The van der Waals surface area contributed by atoms with E-state index in [0.717, 1.165) is 22.5 Å². The number of sulfonamides is 1. The van der Waals surface area contributed by atoms with E-state index in [1.165, 1.54) is 11.9 Å². The van der Waals surface area contributed by atoms with Crippen molar-refractivity contribution in [1.82, 2.24) is 10.2 Å². The van der Waals surface area contributed by atoms with Crippen LogP contribution >= 0.6 is 23.2 Å². The molecule has 2 amide bonds. The van der Waals surface area contributed by atoms with Gasteiger partial charge in [0.1, 0.15) is 12.6 Å². The number of halogens is 2. The normalized spacial score (nSPS) is 12.2. The first-order chi connectivity index (χ1) is 15.0. The van der Waals surface area contributed by atoms with E-state index in [-0.39, 0.29) is 12.5 Å². The highest BCUT2D eigenvalue weighted by Gasteiger charge is 2.29. The van der Waals surface area contributed by atoms with Crippen LogP contribution in [0.5, 0.6) is 0 Å². The molecule has 2 aromatic carbocycles. The minimum absolute atomic E-state index is 0.0523. The molecule has 0 saturated carbocycles. The number of hydrogen-bond donors (Lipinski definition) is 1. The summed E-state index contributed by atoms with van der Waals surface area (Å²) in [6.07, 6.45) is 1.85. The number of hydrogen-bond acceptors (Lipinski definition) is 4. The number of likely N-dealkylation sites (N-methyl/N-ethyl adjacent to an activating group) is 1. The van der Waals surface area contributed by atoms with Gasteiger partial charge in [0.15, 0.2) is 0 Å². The summed E-state index contributed by atoms with van der Waals surface area (Å²) in [6.45, 7) is 3.17. The first-order valence-electron chi connectivity index (χ1n) is 9.99. The number of amides is 2. The van der Waals surface area contributed by atoms with E-state index in [2.05, 4.69) is 5.32 Å². The van der Waals surface area contributed by atoms with E-state index in [1.54, 1.807) is 37.3 Å². The van der Waals surface area contributed by atoms with Crippen LogP contribution in [0.4, 0.5) is 5.69 Å². The van der Waals surface area contributed by atoms with Gasteiger partial charge in [0.2, 0.25) is 21.8 Å². The molecule has 2 rings (SSSR count). The highest BCUT2D eigenvalue weighted by molar-refractivity contribution is 7.92. The van der Waals surface area contributed by atoms with E-state index >= 15 is 0 Å². The minimum atomic E-state index is -3.76. The zero-order chi connectivity index (χ0) is 24.1. The largest absolute Gasteiger partial charge is 0.357 e.